The molecule has 0 bridgehead atoms. The molecule has 86 valence electrons. The van der Waals surface area contributed by atoms with Crippen LogP contribution < -0.4 is 10.0 Å². The van der Waals surface area contributed by atoms with E-state index in [2.05, 4.69) is 15.4 Å². The van der Waals surface area contributed by atoms with Crippen molar-refractivity contribution in [3.05, 3.63) is 22.4 Å². The predicted molar refractivity (Wildman–Crippen MR) is 63.6 cm³/mol. The van der Waals surface area contributed by atoms with Crippen LogP contribution in [0.15, 0.2) is 16.8 Å². The first-order valence-corrected chi connectivity index (χ1v) is 7.31. The molecule has 15 heavy (non-hydrogen) atoms. The van der Waals surface area contributed by atoms with Crippen LogP contribution in [0.2, 0.25) is 0 Å². The van der Waals surface area contributed by atoms with E-state index in [0.29, 0.717) is 6.54 Å². The summed E-state index contributed by atoms with van der Waals surface area (Å²) < 4.78 is 24.5. The van der Waals surface area contributed by atoms with Gasteiger partial charge in [-0.05, 0) is 36.4 Å². The zero-order valence-electron chi connectivity index (χ0n) is 8.86. The maximum atomic E-state index is 11.1. The standard InChI is InChI=1S/C9H16N2O2S2/c1-8(9-3-5-14-7-9)11-4-6-15(12,13)10-2/h3,5,7-8,10-11H,4,6H2,1-2H3. The van der Waals surface area contributed by atoms with Gasteiger partial charge in [0.1, 0.15) is 0 Å². The molecule has 0 spiro atoms. The van der Waals surface area contributed by atoms with E-state index in [9.17, 15) is 8.42 Å². The van der Waals surface area contributed by atoms with Gasteiger partial charge in [-0.15, -0.1) is 0 Å². The van der Waals surface area contributed by atoms with Crippen LogP contribution in [0.25, 0.3) is 0 Å². The highest BCUT2D eigenvalue weighted by atomic mass is 32.2. The molecule has 0 fully saturated rings. The highest BCUT2D eigenvalue weighted by Gasteiger charge is 2.09. The summed E-state index contributed by atoms with van der Waals surface area (Å²) in [4.78, 5) is 0. The van der Waals surface area contributed by atoms with Crippen LogP contribution in [0.5, 0.6) is 0 Å². The first-order valence-electron chi connectivity index (χ1n) is 4.72. The van der Waals surface area contributed by atoms with Gasteiger partial charge >= 0.3 is 0 Å². The van der Waals surface area contributed by atoms with Gasteiger partial charge in [0.05, 0.1) is 5.75 Å². The number of rotatable bonds is 6. The number of hydrogen-bond donors (Lipinski definition) is 2. The fraction of sp³-hybridized carbons (Fsp3) is 0.556. The van der Waals surface area contributed by atoms with Crippen molar-refractivity contribution < 1.29 is 8.42 Å². The number of hydrogen-bond acceptors (Lipinski definition) is 4. The lowest BCUT2D eigenvalue weighted by molar-refractivity contribution is 0.567. The third-order valence-electron chi connectivity index (χ3n) is 2.18. The Kier molecular flexibility index (Phi) is 4.72. The summed E-state index contributed by atoms with van der Waals surface area (Å²) in [6.07, 6.45) is 0. The van der Waals surface area contributed by atoms with Crippen LogP contribution in [0, 0.1) is 0 Å². The van der Waals surface area contributed by atoms with Gasteiger partial charge in [0, 0.05) is 12.6 Å². The molecule has 1 aromatic heterocycles. The predicted octanol–water partition coefficient (Wildman–Crippen LogP) is 0.948. The minimum atomic E-state index is -3.09. The van der Waals surface area contributed by atoms with Gasteiger partial charge in [-0.2, -0.15) is 11.3 Å². The molecule has 0 saturated heterocycles. The number of thiophene rings is 1. The van der Waals surface area contributed by atoms with E-state index < -0.39 is 10.0 Å². The van der Waals surface area contributed by atoms with Gasteiger partial charge in [0.2, 0.25) is 10.0 Å². The molecule has 0 amide bonds. The molecule has 6 heteroatoms. The lowest BCUT2D eigenvalue weighted by Crippen LogP contribution is -2.30. The average molecular weight is 248 g/mol. The molecule has 4 nitrogen and oxygen atoms in total. The van der Waals surface area contributed by atoms with Crippen LogP contribution in [0.4, 0.5) is 0 Å². The first kappa shape index (κ1) is 12.6. The monoisotopic (exact) mass is 248 g/mol. The maximum Gasteiger partial charge on any atom is 0.212 e. The topological polar surface area (TPSA) is 58.2 Å². The lowest BCUT2D eigenvalue weighted by Gasteiger charge is -2.12. The summed E-state index contributed by atoms with van der Waals surface area (Å²) in [5.41, 5.74) is 1.20. The van der Waals surface area contributed by atoms with Crippen molar-refractivity contribution >= 4 is 21.4 Å². The molecule has 1 aromatic rings. The second-order valence-electron chi connectivity index (χ2n) is 3.26. The highest BCUT2D eigenvalue weighted by Crippen LogP contribution is 2.14. The van der Waals surface area contributed by atoms with Crippen molar-refractivity contribution in [3.63, 3.8) is 0 Å². The Hall–Kier alpha value is -0.430. The summed E-state index contributed by atoms with van der Waals surface area (Å²) in [5.74, 6) is 0.109. The molecule has 0 radical (unpaired) electrons. The zero-order chi connectivity index (χ0) is 11.3. The molecular formula is C9H16N2O2S2. The molecule has 1 unspecified atom stereocenters. The van der Waals surface area contributed by atoms with Crippen molar-refractivity contribution in [2.24, 2.45) is 0 Å². The summed E-state index contributed by atoms with van der Waals surface area (Å²) in [6, 6.07) is 2.23. The zero-order valence-corrected chi connectivity index (χ0v) is 10.5. The van der Waals surface area contributed by atoms with Crippen LogP contribution >= 0.6 is 11.3 Å². The summed E-state index contributed by atoms with van der Waals surface area (Å²) >= 11 is 1.64. The van der Waals surface area contributed by atoms with E-state index in [1.54, 1.807) is 11.3 Å². The van der Waals surface area contributed by atoms with E-state index in [1.165, 1.54) is 12.6 Å². The second-order valence-corrected chi connectivity index (χ2v) is 6.08. The molecule has 0 aliphatic carbocycles. The third kappa shape index (κ3) is 4.29. The fourth-order valence-electron chi connectivity index (χ4n) is 1.15. The molecule has 0 aliphatic heterocycles. The highest BCUT2D eigenvalue weighted by molar-refractivity contribution is 7.89. The third-order valence-corrected chi connectivity index (χ3v) is 4.24. The van der Waals surface area contributed by atoms with E-state index in [-0.39, 0.29) is 11.8 Å². The van der Waals surface area contributed by atoms with Crippen molar-refractivity contribution in [1.82, 2.24) is 10.0 Å². The van der Waals surface area contributed by atoms with Gasteiger partial charge < -0.3 is 5.32 Å². The van der Waals surface area contributed by atoms with E-state index in [4.69, 9.17) is 0 Å². The van der Waals surface area contributed by atoms with Crippen LogP contribution in [0.1, 0.15) is 18.5 Å². The fourth-order valence-corrected chi connectivity index (χ4v) is 2.50. The van der Waals surface area contributed by atoms with E-state index in [0.717, 1.165) is 0 Å². The van der Waals surface area contributed by atoms with Gasteiger partial charge in [0.25, 0.3) is 0 Å². The minimum absolute atomic E-state index is 0.109. The summed E-state index contributed by atoms with van der Waals surface area (Å²) in [6.45, 7) is 2.48. The molecule has 0 saturated carbocycles. The molecule has 0 aliphatic rings. The molecule has 2 N–H and O–H groups in total. The smallest absolute Gasteiger partial charge is 0.212 e. The van der Waals surface area contributed by atoms with Crippen molar-refractivity contribution in [2.75, 3.05) is 19.3 Å². The molecule has 1 heterocycles. The Morgan fingerprint density at radius 1 is 1.53 bits per heavy atom. The Balaban J connectivity index is 2.33. The van der Waals surface area contributed by atoms with Gasteiger partial charge in [0.15, 0.2) is 0 Å². The Bertz CT molecular complexity index is 373. The van der Waals surface area contributed by atoms with E-state index >= 15 is 0 Å². The molecule has 1 rings (SSSR count). The summed E-state index contributed by atoms with van der Waals surface area (Å²) in [7, 11) is -1.67. The molecule has 0 aromatic carbocycles. The van der Waals surface area contributed by atoms with Crippen molar-refractivity contribution in [3.8, 4) is 0 Å². The quantitative estimate of drug-likeness (QED) is 0.788. The maximum absolute atomic E-state index is 11.1. The first-order chi connectivity index (χ1) is 7.05. The van der Waals surface area contributed by atoms with Crippen molar-refractivity contribution in [2.45, 2.75) is 13.0 Å². The van der Waals surface area contributed by atoms with Crippen molar-refractivity contribution in [1.29, 1.82) is 0 Å². The Labute approximate surface area is 94.8 Å². The van der Waals surface area contributed by atoms with Crippen LogP contribution in [0.3, 0.4) is 0 Å². The van der Waals surface area contributed by atoms with Crippen LogP contribution in [-0.4, -0.2) is 27.8 Å². The Morgan fingerprint density at radius 2 is 2.27 bits per heavy atom. The van der Waals surface area contributed by atoms with Crippen LogP contribution in [-0.2, 0) is 10.0 Å². The lowest BCUT2D eigenvalue weighted by atomic mass is 10.2. The largest absolute Gasteiger partial charge is 0.309 e. The number of sulfonamides is 1. The molecular weight excluding hydrogens is 232 g/mol. The van der Waals surface area contributed by atoms with Gasteiger partial charge in [-0.3, -0.25) is 0 Å². The van der Waals surface area contributed by atoms with Gasteiger partial charge in [-0.25, -0.2) is 13.1 Å². The summed E-state index contributed by atoms with van der Waals surface area (Å²) in [5, 5.41) is 7.23. The second kappa shape index (κ2) is 5.60. The average Bonchev–Trinajstić information content (AvgIpc) is 2.70. The van der Waals surface area contributed by atoms with Gasteiger partial charge in [-0.1, -0.05) is 0 Å². The SMILES string of the molecule is CNS(=O)(=O)CCNC(C)c1ccsc1. The minimum Gasteiger partial charge on any atom is -0.309 e. The Morgan fingerprint density at radius 3 is 2.80 bits per heavy atom. The normalized spacial score (nSPS) is 14.0. The van der Waals surface area contributed by atoms with E-state index in [1.807, 2.05) is 18.4 Å². The molecule has 1 atom stereocenters. The number of nitrogens with one attached hydrogen (secondary N) is 2.